The average Bonchev–Trinajstić information content (AvgIpc) is 2.55. The van der Waals surface area contributed by atoms with Gasteiger partial charge in [-0.1, -0.05) is 28.1 Å². The van der Waals surface area contributed by atoms with Crippen LogP contribution in [0.15, 0.2) is 65.4 Å². The standard InChI is InChI=1S/C18H11BrFN3/c19-13-3-1-12-8-15(5-2-11(12)7-13)23-18-16-9-14(20)4-6-17(16)21-10-22-18/h1-10H,(H,21,22,23). The number of fused-ring (bicyclic) bond motifs is 2. The van der Waals surface area contributed by atoms with E-state index < -0.39 is 0 Å². The minimum Gasteiger partial charge on any atom is -0.340 e. The van der Waals surface area contributed by atoms with Gasteiger partial charge in [0.15, 0.2) is 0 Å². The molecule has 0 aliphatic carbocycles. The van der Waals surface area contributed by atoms with E-state index in [1.54, 1.807) is 6.07 Å². The molecule has 0 spiro atoms. The molecule has 1 aromatic heterocycles. The van der Waals surface area contributed by atoms with Crippen molar-refractivity contribution >= 4 is 49.1 Å². The van der Waals surface area contributed by atoms with Crippen LogP contribution in [0.25, 0.3) is 21.7 Å². The Morgan fingerprint density at radius 1 is 0.870 bits per heavy atom. The molecule has 0 aliphatic heterocycles. The van der Waals surface area contributed by atoms with E-state index in [0.29, 0.717) is 16.7 Å². The van der Waals surface area contributed by atoms with Crippen molar-refractivity contribution in [2.24, 2.45) is 0 Å². The molecule has 0 aliphatic rings. The predicted molar refractivity (Wildman–Crippen MR) is 94.4 cm³/mol. The minimum absolute atomic E-state index is 0.307. The van der Waals surface area contributed by atoms with Crippen LogP contribution in [-0.4, -0.2) is 9.97 Å². The number of nitrogens with one attached hydrogen (secondary N) is 1. The van der Waals surface area contributed by atoms with Gasteiger partial charge < -0.3 is 5.32 Å². The summed E-state index contributed by atoms with van der Waals surface area (Å²) in [6.45, 7) is 0. The molecule has 0 unspecified atom stereocenters. The number of halogens is 2. The van der Waals surface area contributed by atoms with Crippen molar-refractivity contribution in [3.63, 3.8) is 0 Å². The van der Waals surface area contributed by atoms with Crippen molar-refractivity contribution in [1.29, 1.82) is 0 Å². The van der Waals surface area contributed by atoms with Gasteiger partial charge in [-0.05, 0) is 53.2 Å². The summed E-state index contributed by atoms with van der Waals surface area (Å²) in [7, 11) is 0. The molecular weight excluding hydrogens is 357 g/mol. The lowest BCUT2D eigenvalue weighted by Gasteiger charge is -2.09. The summed E-state index contributed by atoms with van der Waals surface area (Å²) in [5, 5.41) is 6.16. The highest BCUT2D eigenvalue weighted by Crippen LogP contribution is 2.27. The zero-order valence-corrected chi connectivity index (χ0v) is 13.5. The molecule has 0 radical (unpaired) electrons. The van der Waals surface area contributed by atoms with Gasteiger partial charge in [0.05, 0.1) is 5.52 Å². The van der Waals surface area contributed by atoms with Crippen LogP contribution < -0.4 is 5.32 Å². The number of aromatic nitrogens is 2. The Morgan fingerprint density at radius 3 is 2.61 bits per heavy atom. The summed E-state index contributed by atoms with van der Waals surface area (Å²) in [5.41, 5.74) is 1.60. The highest BCUT2D eigenvalue weighted by atomic mass is 79.9. The first kappa shape index (κ1) is 14.1. The fraction of sp³-hybridized carbons (Fsp3) is 0. The Balaban J connectivity index is 1.78. The maximum absolute atomic E-state index is 13.5. The summed E-state index contributed by atoms with van der Waals surface area (Å²) >= 11 is 3.47. The molecule has 4 aromatic rings. The maximum atomic E-state index is 13.5. The van der Waals surface area contributed by atoms with Crippen molar-refractivity contribution in [3.8, 4) is 0 Å². The lowest BCUT2D eigenvalue weighted by molar-refractivity contribution is 0.629. The third-order valence-corrected chi connectivity index (χ3v) is 4.16. The van der Waals surface area contributed by atoms with Gasteiger partial charge in [-0.3, -0.25) is 0 Å². The molecule has 3 nitrogen and oxygen atoms in total. The molecule has 0 saturated carbocycles. The third-order valence-electron chi connectivity index (χ3n) is 3.66. The van der Waals surface area contributed by atoms with E-state index in [2.05, 4.69) is 37.3 Å². The van der Waals surface area contributed by atoms with Crippen molar-refractivity contribution < 1.29 is 4.39 Å². The predicted octanol–water partition coefficient (Wildman–Crippen LogP) is 5.43. The van der Waals surface area contributed by atoms with Crippen molar-refractivity contribution in [3.05, 3.63) is 71.2 Å². The van der Waals surface area contributed by atoms with Gasteiger partial charge in [0.1, 0.15) is 18.0 Å². The molecule has 5 heteroatoms. The van der Waals surface area contributed by atoms with Gasteiger partial charge in [-0.25, -0.2) is 14.4 Å². The van der Waals surface area contributed by atoms with Crippen molar-refractivity contribution in [2.75, 3.05) is 5.32 Å². The topological polar surface area (TPSA) is 37.8 Å². The first-order valence-electron chi connectivity index (χ1n) is 7.06. The van der Waals surface area contributed by atoms with Crippen LogP contribution in [0.1, 0.15) is 0 Å². The van der Waals surface area contributed by atoms with Crippen molar-refractivity contribution in [2.45, 2.75) is 0 Å². The zero-order chi connectivity index (χ0) is 15.8. The Kier molecular flexibility index (Phi) is 3.42. The number of anilines is 2. The monoisotopic (exact) mass is 367 g/mol. The molecule has 1 N–H and O–H groups in total. The lowest BCUT2D eigenvalue weighted by Crippen LogP contribution is -1.96. The minimum atomic E-state index is -0.307. The molecule has 4 rings (SSSR count). The van der Waals surface area contributed by atoms with Gasteiger partial charge >= 0.3 is 0 Å². The Labute approximate surface area is 140 Å². The Morgan fingerprint density at radius 2 is 1.70 bits per heavy atom. The summed E-state index contributed by atoms with van der Waals surface area (Å²) in [4.78, 5) is 8.40. The van der Waals surface area contributed by atoms with E-state index in [1.807, 2.05) is 30.3 Å². The lowest BCUT2D eigenvalue weighted by atomic mass is 10.1. The first-order chi connectivity index (χ1) is 11.2. The van der Waals surface area contributed by atoms with Gasteiger partial charge in [0.25, 0.3) is 0 Å². The molecule has 0 saturated heterocycles. The Bertz CT molecular complexity index is 1030. The highest BCUT2D eigenvalue weighted by molar-refractivity contribution is 9.10. The quantitative estimate of drug-likeness (QED) is 0.513. The van der Waals surface area contributed by atoms with Gasteiger partial charge in [-0.2, -0.15) is 0 Å². The number of nitrogens with zero attached hydrogens (tertiary/aromatic N) is 2. The second-order valence-electron chi connectivity index (χ2n) is 5.21. The van der Waals surface area contributed by atoms with Gasteiger partial charge in [0.2, 0.25) is 0 Å². The molecule has 3 aromatic carbocycles. The fourth-order valence-electron chi connectivity index (χ4n) is 2.56. The Hall–Kier alpha value is -2.53. The molecule has 23 heavy (non-hydrogen) atoms. The van der Waals surface area contributed by atoms with Crippen LogP contribution in [0.2, 0.25) is 0 Å². The summed E-state index contributed by atoms with van der Waals surface area (Å²) in [6.07, 6.45) is 1.47. The summed E-state index contributed by atoms with van der Waals surface area (Å²) in [6, 6.07) is 16.6. The van der Waals surface area contributed by atoms with E-state index in [0.717, 1.165) is 20.9 Å². The second kappa shape index (κ2) is 5.59. The highest BCUT2D eigenvalue weighted by Gasteiger charge is 2.06. The van der Waals surface area contributed by atoms with E-state index in [-0.39, 0.29) is 5.82 Å². The molecule has 0 amide bonds. The smallest absolute Gasteiger partial charge is 0.141 e. The molecule has 0 fully saturated rings. The average molecular weight is 368 g/mol. The van der Waals surface area contributed by atoms with E-state index in [1.165, 1.54) is 18.5 Å². The van der Waals surface area contributed by atoms with Crippen LogP contribution in [0.5, 0.6) is 0 Å². The largest absolute Gasteiger partial charge is 0.340 e. The third kappa shape index (κ3) is 2.75. The molecule has 0 bridgehead atoms. The molecular formula is C18H11BrFN3. The van der Waals surface area contributed by atoms with E-state index in [9.17, 15) is 4.39 Å². The van der Waals surface area contributed by atoms with Gasteiger partial charge in [0, 0.05) is 15.5 Å². The summed E-state index contributed by atoms with van der Waals surface area (Å²) < 4.78 is 14.6. The van der Waals surface area contributed by atoms with Crippen LogP contribution >= 0.6 is 15.9 Å². The number of rotatable bonds is 2. The summed E-state index contributed by atoms with van der Waals surface area (Å²) in [5.74, 6) is 0.282. The number of benzene rings is 3. The zero-order valence-electron chi connectivity index (χ0n) is 11.9. The van der Waals surface area contributed by atoms with Crippen LogP contribution in [-0.2, 0) is 0 Å². The molecule has 1 heterocycles. The van der Waals surface area contributed by atoms with Crippen LogP contribution in [0.3, 0.4) is 0 Å². The first-order valence-corrected chi connectivity index (χ1v) is 7.85. The normalized spacial score (nSPS) is 11.0. The number of hydrogen-bond acceptors (Lipinski definition) is 3. The van der Waals surface area contributed by atoms with E-state index in [4.69, 9.17) is 0 Å². The second-order valence-corrected chi connectivity index (χ2v) is 6.13. The molecule has 0 atom stereocenters. The van der Waals surface area contributed by atoms with E-state index >= 15 is 0 Å². The van der Waals surface area contributed by atoms with Gasteiger partial charge in [-0.15, -0.1) is 0 Å². The van der Waals surface area contributed by atoms with Crippen LogP contribution in [0, 0.1) is 5.82 Å². The van der Waals surface area contributed by atoms with Crippen molar-refractivity contribution in [1.82, 2.24) is 9.97 Å². The van der Waals surface area contributed by atoms with Crippen LogP contribution in [0.4, 0.5) is 15.9 Å². The number of hydrogen-bond donors (Lipinski definition) is 1. The fourth-order valence-corrected chi connectivity index (χ4v) is 2.94. The maximum Gasteiger partial charge on any atom is 0.141 e. The SMILES string of the molecule is Fc1ccc2ncnc(Nc3ccc4cc(Br)ccc4c3)c2c1. The molecule has 112 valence electrons.